The first-order chi connectivity index (χ1) is 5.45. The molecule has 11 heavy (non-hydrogen) atoms. The van der Waals surface area contributed by atoms with Crippen molar-refractivity contribution in [2.75, 3.05) is 33.0 Å². The summed E-state index contributed by atoms with van der Waals surface area (Å²) in [5, 5.41) is 0. The van der Waals surface area contributed by atoms with E-state index in [1.54, 1.807) is 0 Å². The third kappa shape index (κ3) is 2.41. The minimum Gasteiger partial charge on any atom is -0.373 e. The maximum absolute atomic E-state index is 5.27. The highest BCUT2D eigenvalue weighted by Crippen LogP contribution is 2.10. The summed E-state index contributed by atoms with van der Waals surface area (Å²) < 4.78 is 20.6. The minimum atomic E-state index is -0.145. The Bertz CT molecular complexity index is 118. The van der Waals surface area contributed by atoms with Gasteiger partial charge in [-0.15, -0.1) is 0 Å². The number of hydrogen-bond donors (Lipinski definition) is 0. The summed E-state index contributed by atoms with van der Waals surface area (Å²) in [6, 6.07) is 0. The molecule has 64 valence electrons. The lowest BCUT2D eigenvalue weighted by atomic mass is 10.5. The van der Waals surface area contributed by atoms with E-state index in [9.17, 15) is 0 Å². The second-order valence-electron chi connectivity index (χ2n) is 2.66. The summed E-state index contributed by atoms with van der Waals surface area (Å²) in [4.78, 5) is 0. The van der Waals surface area contributed by atoms with Gasteiger partial charge in [0, 0.05) is 0 Å². The van der Waals surface area contributed by atoms with Crippen molar-refractivity contribution in [2.45, 2.75) is 12.4 Å². The van der Waals surface area contributed by atoms with Gasteiger partial charge in [0.25, 0.3) is 0 Å². The third-order valence-electron chi connectivity index (χ3n) is 1.65. The van der Waals surface area contributed by atoms with Crippen LogP contribution in [0.25, 0.3) is 0 Å². The molecule has 2 saturated heterocycles. The fourth-order valence-electron chi connectivity index (χ4n) is 0.963. The molecule has 2 fully saturated rings. The van der Waals surface area contributed by atoms with Crippen LogP contribution in [0, 0.1) is 0 Å². The maximum Gasteiger partial charge on any atom is 0.181 e. The van der Waals surface area contributed by atoms with E-state index in [0.717, 1.165) is 6.61 Å². The van der Waals surface area contributed by atoms with Crippen LogP contribution < -0.4 is 0 Å². The van der Waals surface area contributed by atoms with E-state index in [1.807, 2.05) is 0 Å². The minimum absolute atomic E-state index is 0.145. The van der Waals surface area contributed by atoms with Gasteiger partial charge in [0.15, 0.2) is 6.29 Å². The Morgan fingerprint density at radius 3 is 2.45 bits per heavy atom. The molecule has 2 aliphatic heterocycles. The molecule has 2 heterocycles. The van der Waals surface area contributed by atoms with Crippen molar-refractivity contribution in [3.8, 4) is 0 Å². The van der Waals surface area contributed by atoms with E-state index >= 15 is 0 Å². The molecular formula is C7H12O4. The number of epoxide rings is 1. The molecule has 2 aliphatic rings. The highest BCUT2D eigenvalue weighted by Gasteiger charge is 2.23. The van der Waals surface area contributed by atoms with Crippen molar-refractivity contribution < 1.29 is 18.9 Å². The lowest BCUT2D eigenvalue weighted by molar-refractivity contribution is -0.0953. The topological polar surface area (TPSA) is 40.2 Å². The van der Waals surface area contributed by atoms with Gasteiger partial charge in [0.05, 0.1) is 33.0 Å². The molecule has 4 heteroatoms. The Hall–Kier alpha value is -0.160. The van der Waals surface area contributed by atoms with Crippen LogP contribution in [0.1, 0.15) is 0 Å². The van der Waals surface area contributed by atoms with Crippen molar-refractivity contribution in [3.05, 3.63) is 0 Å². The van der Waals surface area contributed by atoms with E-state index in [4.69, 9.17) is 18.9 Å². The Balaban J connectivity index is 1.51. The average molecular weight is 160 g/mol. The predicted molar refractivity (Wildman–Crippen MR) is 36.3 cm³/mol. The molecule has 0 bridgehead atoms. The van der Waals surface area contributed by atoms with E-state index in [-0.39, 0.29) is 6.29 Å². The largest absolute Gasteiger partial charge is 0.373 e. The average Bonchev–Trinajstić information content (AvgIpc) is 2.66. The maximum atomic E-state index is 5.27. The van der Waals surface area contributed by atoms with Crippen molar-refractivity contribution in [1.29, 1.82) is 0 Å². The summed E-state index contributed by atoms with van der Waals surface area (Å²) in [5.74, 6) is 0. The van der Waals surface area contributed by atoms with Crippen LogP contribution in [-0.4, -0.2) is 45.4 Å². The van der Waals surface area contributed by atoms with Gasteiger partial charge < -0.3 is 18.9 Å². The number of ether oxygens (including phenoxy) is 4. The van der Waals surface area contributed by atoms with Crippen molar-refractivity contribution >= 4 is 0 Å². The zero-order valence-electron chi connectivity index (χ0n) is 6.32. The molecule has 1 unspecified atom stereocenters. The summed E-state index contributed by atoms with van der Waals surface area (Å²) in [7, 11) is 0. The molecule has 0 aromatic heterocycles. The standard InChI is InChI=1S/C7H12O4/c1-2-10-7(9-1)5-8-3-6-4-11-6/h6-7H,1-5H2. The van der Waals surface area contributed by atoms with Crippen molar-refractivity contribution in [1.82, 2.24) is 0 Å². The SMILES string of the molecule is C1COC(COCC2CO2)O1. The van der Waals surface area contributed by atoms with Crippen LogP contribution in [-0.2, 0) is 18.9 Å². The molecular weight excluding hydrogens is 148 g/mol. The van der Waals surface area contributed by atoms with E-state index in [1.165, 1.54) is 0 Å². The Morgan fingerprint density at radius 2 is 1.82 bits per heavy atom. The van der Waals surface area contributed by atoms with Gasteiger partial charge in [-0.05, 0) is 0 Å². The predicted octanol–water partition coefficient (Wildman–Crippen LogP) is -0.225. The molecule has 0 amide bonds. The molecule has 0 aromatic rings. The van der Waals surface area contributed by atoms with E-state index in [0.29, 0.717) is 32.5 Å². The van der Waals surface area contributed by atoms with Gasteiger partial charge in [-0.2, -0.15) is 0 Å². The van der Waals surface area contributed by atoms with Crippen LogP contribution in [0.15, 0.2) is 0 Å². The van der Waals surface area contributed by atoms with E-state index in [2.05, 4.69) is 0 Å². The normalized spacial score (nSPS) is 31.1. The molecule has 1 atom stereocenters. The van der Waals surface area contributed by atoms with Gasteiger partial charge in [0.2, 0.25) is 0 Å². The van der Waals surface area contributed by atoms with Crippen LogP contribution >= 0.6 is 0 Å². The highest BCUT2D eigenvalue weighted by molar-refractivity contribution is 4.67. The first-order valence-electron chi connectivity index (χ1n) is 3.88. The second-order valence-corrected chi connectivity index (χ2v) is 2.66. The molecule has 4 nitrogen and oxygen atoms in total. The quantitative estimate of drug-likeness (QED) is 0.533. The molecule has 2 rings (SSSR count). The van der Waals surface area contributed by atoms with Crippen LogP contribution in [0.2, 0.25) is 0 Å². The van der Waals surface area contributed by atoms with Gasteiger partial charge >= 0.3 is 0 Å². The number of rotatable bonds is 4. The molecule has 0 radical (unpaired) electrons. The zero-order chi connectivity index (χ0) is 7.52. The highest BCUT2D eigenvalue weighted by atomic mass is 16.7. The van der Waals surface area contributed by atoms with Crippen molar-refractivity contribution in [2.24, 2.45) is 0 Å². The Labute approximate surface area is 65.4 Å². The van der Waals surface area contributed by atoms with E-state index < -0.39 is 0 Å². The smallest absolute Gasteiger partial charge is 0.181 e. The second kappa shape index (κ2) is 3.49. The zero-order valence-corrected chi connectivity index (χ0v) is 6.32. The fraction of sp³-hybridized carbons (Fsp3) is 1.00. The number of hydrogen-bond acceptors (Lipinski definition) is 4. The summed E-state index contributed by atoms with van der Waals surface area (Å²) in [5.41, 5.74) is 0. The first kappa shape index (κ1) is 7.49. The Kier molecular flexibility index (Phi) is 2.38. The third-order valence-corrected chi connectivity index (χ3v) is 1.65. The van der Waals surface area contributed by atoms with Gasteiger partial charge in [-0.3, -0.25) is 0 Å². The molecule has 0 saturated carbocycles. The van der Waals surface area contributed by atoms with Crippen LogP contribution in [0.3, 0.4) is 0 Å². The van der Waals surface area contributed by atoms with Crippen molar-refractivity contribution in [3.63, 3.8) is 0 Å². The van der Waals surface area contributed by atoms with Crippen LogP contribution in [0.5, 0.6) is 0 Å². The molecule has 0 spiro atoms. The summed E-state index contributed by atoms with van der Waals surface area (Å²) >= 11 is 0. The van der Waals surface area contributed by atoms with Gasteiger partial charge in [-0.1, -0.05) is 0 Å². The monoisotopic (exact) mass is 160 g/mol. The van der Waals surface area contributed by atoms with Gasteiger partial charge in [0.1, 0.15) is 6.10 Å². The van der Waals surface area contributed by atoms with Gasteiger partial charge in [-0.25, -0.2) is 0 Å². The summed E-state index contributed by atoms with van der Waals surface area (Å²) in [6.07, 6.45) is 0.185. The molecule has 0 aliphatic carbocycles. The Morgan fingerprint density at radius 1 is 1.09 bits per heavy atom. The first-order valence-corrected chi connectivity index (χ1v) is 3.88. The molecule has 0 aromatic carbocycles. The lowest BCUT2D eigenvalue weighted by Gasteiger charge is -2.07. The molecule has 0 N–H and O–H groups in total. The van der Waals surface area contributed by atoms with Crippen LogP contribution in [0.4, 0.5) is 0 Å². The summed E-state index contributed by atoms with van der Waals surface area (Å²) in [6.45, 7) is 3.41. The fourth-order valence-corrected chi connectivity index (χ4v) is 0.963. The lowest BCUT2D eigenvalue weighted by Crippen LogP contribution is -2.17.